The van der Waals surface area contributed by atoms with Gasteiger partial charge in [0.25, 0.3) is 0 Å². The second-order valence-corrected chi connectivity index (χ2v) is 4.18. The molecule has 1 heterocycles. The molecule has 0 bridgehead atoms. The van der Waals surface area contributed by atoms with Crippen LogP contribution in [0.2, 0.25) is 5.15 Å². The van der Waals surface area contributed by atoms with E-state index in [1.54, 1.807) is 24.4 Å². The highest BCUT2D eigenvalue weighted by Gasteiger charge is 2.05. The SMILES string of the molecule is Cc1cc(-c2nc(Cl)cs2)ccc1F. The minimum Gasteiger partial charge on any atom is -0.224 e. The molecule has 0 aliphatic rings. The van der Waals surface area contributed by atoms with E-state index in [0.717, 1.165) is 10.6 Å². The van der Waals surface area contributed by atoms with Crippen molar-refractivity contribution in [2.75, 3.05) is 0 Å². The average Bonchev–Trinajstić information content (AvgIpc) is 2.57. The standard InChI is InChI=1S/C10H7ClFNS/c1-6-4-7(2-3-8(6)12)10-13-9(11)5-14-10/h2-5H,1H3. The fourth-order valence-corrected chi connectivity index (χ4v) is 2.11. The number of hydrogen-bond acceptors (Lipinski definition) is 2. The Morgan fingerprint density at radius 2 is 2.21 bits per heavy atom. The van der Waals surface area contributed by atoms with Gasteiger partial charge in [-0.05, 0) is 30.7 Å². The van der Waals surface area contributed by atoms with Gasteiger partial charge in [0.15, 0.2) is 0 Å². The molecule has 4 heteroatoms. The van der Waals surface area contributed by atoms with E-state index in [1.165, 1.54) is 17.4 Å². The second kappa shape index (κ2) is 3.67. The Hall–Kier alpha value is -0.930. The number of aryl methyl sites for hydroxylation is 1. The van der Waals surface area contributed by atoms with Crippen LogP contribution in [0.15, 0.2) is 23.6 Å². The summed E-state index contributed by atoms with van der Waals surface area (Å²) >= 11 is 7.16. The van der Waals surface area contributed by atoms with E-state index in [4.69, 9.17) is 11.6 Å². The summed E-state index contributed by atoms with van der Waals surface area (Å²) in [5.41, 5.74) is 1.52. The van der Waals surface area contributed by atoms with Crippen molar-refractivity contribution in [1.82, 2.24) is 4.98 Å². The highest BCUT2D eigenvalue weighted by Crippen LogP contribution is 2.26. The lowest BCUT2D eigenvalue weighted by Crippen LogP contribution is -1.83. The molecule has 0 radical (unpaired) electrons. The molecule has 0 atom stereocenters. The Labute approximate surface area is 90.2 Å². The van der Waals surface area contributed by atoms with Gasteiger partial charge in [-0.3, -0.25) is 0 Å². The Morgan fingerprint density at radius 1 is 1.43 bits per heavy atom. The smallest absolute Gasteiger partial charge is 0.140 e. The van der Waals surface area contributed by atoms with Crippen LogP contribution in [0.25, 0.3) is 10.6 Å². The van der Waals surface area contributed by atoms with Crippen LogP contribution >= 0.6 is 22.9 Å². The van der Waals surface area contributed by atoms with Gasteiger partial charge in [0.05, 0.1) is 0 Å². The summed E-state index contributed by atoms with van der Waals surface area (Å²) in [4.78, 5) is 4.11. The molecule has 0 N–H and O–H groups in total. The average molecular weight is 228 g/mol. The zero-order valence-corrected chi connectivity index (χ0v) is 8.99. The highest BCUT2D eigenvalue weighted by atomic mass is 35.5. The van der Waals surface area contributed by atoms with Gasteiger partial charge in [0, 0.05) is 10.9 Å². The summed E-state index contributed by atoms with van der Waals surface area (Å²) in [6, 6.07) is 4.92. The van der Waals surface area contributed by atoms with Crippen LogP contribution in [0, 0.1) is 12.7 Å². The van der Waals surface area contributed by atoms with E-state index in [1.807, 2.05) is 0 Å². The Balaban J connectivity index is 2.47. The number of nitrogens with zero attached hydrogens (tertiary/aromatic N) is 1. The minimum absolute atomic E-state index is 0.198. The molecule has 14 heavy (non-hydrogen) atoms. The third kappa shape index (κ3) is 1.79. The molecule has 0 aliphatic carbocycles. The predicted octanol–water partition coefficient (Wildman–Crippen LogP) is 3.91. The number of aromatic nitrogens is 1. The third-order valence-electron chi connectivity index (χ3n) is 1.88. The van der Waals surface area contributed by atoms with E-state index in [-0.39, 0.29) is 5.82 Å². The second-order valence-electron chi connectivity index (χ2n) is 2.94. The molecule has 0 unspecified atom stereocenters. The van der Waals surface area contributed by atoms with Crippen LogP contribution in [0.1, 0.15) is 5.56 Å². The number of hydrogen-bond donors (Lipinski definition) is 0. The summed E-state index contributed by atoms with van der Waals surface area (Å²) in [6.45, 7) is 1.73. The first kappa shape index (κ1) is 9.62. The maximum absolute atomic E-state index is 13.0. The van der Waals surface area contributed by atoms with Crippen LogP contribution in [0.4, 0.5) is 4.39 Å². The number of rotatable bonds is 1. The molecule has 0 spiro atoms. The number of thiazole rings is 1. The molecule has 2 aromatic rings. The van der Waals surface area contributed by atoms with E-state index in [9.17, 15) is 4.39 Å². The molecule has 0 fully saturated rings. The molecule has 0 amide bonds. The normalized spacial score (nSPS) is 10.5. The lowest BCUT2D eigenvalue weighted by atomic mass is 10.1. The topological polar surface area (TPSA) is 12.9 Å². The van der Waals surface area contributed by atoms with Crippen LogP contribution in [-0.2, 0) is 0 Å². The lowest BCUT2D eigenvalue weighted by molar-refractivity contribution is 0.619. The van der Waals surface area contributed by atoms with Crippen molar-refractivity contribution in [3.63, 3.8) is 0 Å². The van der Waals surface area contributed by atoms with E-state index in [2.05, 4.69) is 4.98 Å². The van der Waals surface area contributed by atoms with E-state index in [0.29, 0.717) is 10.7 Å². The summed E-state index contributed by atoms with van der Waals surface area (Å²) in [5, 5.41) is 3.06. The first-order valence-corrected chi connectivity index (χ1v) is 5.30. The van der Waals surface area contributed by atoms with Gasteiger partial charge >= 0.3 is 0 Å². The van der Waals surface area contributed by atoms with Gasteiger partial charge in [-0.1, -0.05) is 11.6 Å². The fourth-order valence-electron chi connectivity index (χ4n) is 1.16. The molecule has 0 aliphatic heterocycles. The van der Waals surface area contributed by atoms with E-state index >= 15 is 0 Å². The quantitative estimate of drug-likeness (QED) is 0.720. The molecule has 0 saturated heterocycles. The lowest BCUT2D eigenvalue weighted by Gasteiger charge is -1.99. The van der Waals surface area contributed by atoms with Crippen molar-refractivity contribution in [2.24, 2.45) is 0 Å². The molecular weight excluding hydrogens is 221 g/mol. The van der Waals surface area contributed by atoms with Crippen molar-refractivity contribution in [3.05, 3.63) is 40.1 Å². The zero-order chi connectivity index (χ0) is 10.1. The fraction of sp³-hybridized carbons (Fsp3) is 0.100. The van der Waals surface area contributed by atoms with Gasteiger partial charge in [-0.15, -0.1) is 11.3 Å². The number of halogens is 2. The van der Waals surface area contributed by atoms with Crippen molar-refractivity contribution in [2.45, 2.75) is 6.92 Å². The number of benzene rings is 1. The van der Waals surface area contributed by atoms with Crippen LogP contribution < -0.4 is 0 Å². The Kier molecular flexibility index (Phi) is 2.52. The van der Waals surface area contributed by atoms with Crippen molar-refractivity contribution in [3.8, 4) is 10.6 Å². The zero-order valence-electron chi connectivity index (χ0n) is 7.42. The molecule has 1 aromatic carbocycles. The van der Waals surface area contributed by atoms with Crippen molar-refractivity contribution < 1.29 is 4.39 Å². The molecule has 0 saturated carbocycles. The summed E-state index contributed by atoms with van der Waals surface area (Å²) in [6.07, 6.45) is 0. The minimum atomic E-state index is -0.198. The monoisotopic (exact) mass is 227 g/mol. The third-order valence-corrected chi connectivity index (χ3v) is 3.10. The summed E-state index contributed by atoms with van der Waals surface area (Å²) in [5.74, 6) is -0.198. The molecule has 2 rings (SSSR count). The van der Waals surface area contributed by atoms with Gasteiger partial charge in [-0.2, -0.15) is 0 Å². The van der Waals surface area contributed by atoms with Gasteiger partial charge in [0.1, 0.15) is 16.0 Å². The first-order valence-electron chi connectivity index (χ1n) is 4.04. The first-order chi connectivity index (χ1) is 6.66. The molecule has 72 valence electrons. The Bertz CT molecular complexity index is 467. The highest BCUT2D eigenvalue weighted by molar-refractivity contribution is 7.13. The molecule has 1 nitrogen and oxygen atoms in total. The maximum Gasteiger partial charge on any atom is 0.140 e. The summed E-state index contributed by atoms with van der Waals surface area (Å²) < 4.78 is 13.0. The van der Waals surface area contributed by atoms with E-state index < -0.39 is 0 Å². The van der Waals surface area contributed by atoms with Crippen molar-refractivity contribution >= 4 is 22.9 Å². The maximum atomic E-state index is 13.0. The van der Waals surface area contributed by atoms with Gasteiger partial charge in [-0.25, -0.2) is 9.37 Å². The predicted molar refractivity (Wildman–Crippen MR) is 57.3 cm³/mol. The largest absolute Gasteiger partial charge is 0.224 e. The van der Waals surface area contributed by atoms with Crippen LogP contribution in [0.3, 0.4) is 0 Å². The van der Waals surface area contributed by atoms with Gasteiger partial charge < -0.3 is 0 Å². The van der Waals surface area contributed by atoms with Crippen LogP contribution in [0.5, 0.6) is 0 Å². The molecule has 1 aromatic heterocycles. The van der Waals surface area contributed by atoms with Gasteiger partial charge in [0.2, 0.25) is 0 Å². The summed E-state index contributed by atoms with van der Waals surface area (Å²) in [7, 11) is 0. The van der Waals surface area contributed by atoms with Crippen LogP contribution in [-0.4, -0.2) is 4.98 Å². The van der Waals surface area contributed by atoms with Crippen molar-refractivity contribution in [1.29, 1.82) is 0 Å². The molecular formula is C10H7ClFNS. The Morgan fingerprint density at radius 3 is 2.79 bits per heavy atom.